The normalized spacial score (nSPS) is 30.5. The smallest absolute Gasteiger partial charge is 0.334 e. The van der Waals surface area contributed by atoms with E-state index in [-0.39, 0.29) is 19.0 Å². The average Bonchev–Trinajstić information content (AvgIpc) is 3.23. The Labute approximate surface area is 158 Å². The maximum Gasteiger partial charge on any atom is 0.451 e. The second-order valence-corrected chi connectivity index (χ2v) is 7.59. The Morgan fingerprint density at radius 1 is 1.29 bits per heavy atom. The van der Waals surface area contributed by atoms with Gasteiger partial charge in [0.2, 0.25) is 12.2 Å². The summed E-state index contributed by atoms with van der Waals surface area (Å²) in [5, 5.41) is 3.12. The quantitative estimate of drug-likeness (QED) is 0.610. The van der Waals surface area contributed by atoms with Crippen LogP contribution in [-0.2, 0) is 23.9 Å². The van der Waals surface area contributed by atoms with Gasteiger partial charge in [-0.25, -0.2) is 18.7 Å². The minimum atomic E-state index is -4.58. The van der Waals surface area contributed by atoms with Gasteiger partial charge in [-0.05, 0) is 6.42 Å². The lowest BCUT2D eigenvalue weighted by Gasteiger charge is -2.34. The third kappa shape index (κ3) is 3.45. The summed E-state index contributed by atoms with van der Waals surface area (Å²) < 4.78 is 66.8. The first-order valence-electron chi connectivity index (χ1n) is 9.17. The summed E-state index contributed by atoms with van der Waals surface area (Å²) in [6, 6.07) is -1.71. The lowest BCUT2D eigenvalue weighted by atomic mass is 9.97. The highest BCUT2D eigenvalue weighted by molar-refractivity contribution is 5.49. The first kappa shape index (κ1) is 19.4. The molecule has 1 N–H and O–H groups in total. The van der Waals surface area contributed by atoms with Crippen molar-refractivity contribution in [3.63, 3.8) is 0 Å². The summed E-state index contributed by atoms with van der Waals surface area (Å²) in [5.74, 6) is -4.07. The SMILES string of the molecule is O=CN1CCC(F)(F)[C@@H]1C1C[C@H](N2CCc3nc(C(F)(F)F)ncc3C2)CN1. The molecule has 3 atom stereocenters. The number of halogens is 5. The summed E-state index contributed by atoms with van der Waals surface area (Å²) in [6.45, 7) is 1.41. The van der Waals surface area contributed by atoms with E-state index in [0.717, 1.165) is 4.90 Å². The number of nitrogens with one attached hydrogen (secondary N) is 1. The van der Waals surface area contributed by atoms with Crippen molar-refractivity contribution in [2.75, 3.05) is 19.6 Å². The van der Waals surface area contributed by atoms with Crippen molar-refractivity contribution in [3.05, 3.63) is 23.3 Å². The molecule has 0 aliphatic carbocycles. The Morgan fingerprint density at radius 3 is 2.79 bits per heavy atom. The molecule has 28 heavy (non-hydrogen) atoms. The Bertz CT molecular complexity index is 758. The van der Waals surface area contributed by atoms with Gasteiger partial charge in [-0.15, -0.1) is 0 Å². The monoisotopic (exact) mass is 405 g/mol. The highest BCUT2D eigenvalue weighted by Gasteiger charge is 2.54. The maximum absolute atomic E-state index is 14.2. The van der Waals surface area contributed by atoms with E-state index in [2.05, 4.69) is 20.2 Å². The Balaban J connectivity index is 1.44. The van der Waals surface area contributed by atoms with Crippen LogP contribution >= 0.6 is 0 Å². The third-order valence-corrected chi connectivity index (χ3v) is 5.88. The summed E-state index contributed by atoms with van der Waals surface area (Å²) in [7, 11) is 0. The number of likely N-dealkylation sites (tertiary alicyclic amines) is 1. The van der Waals surface area contributed by atoms with Crippen LogP contribution in [0.3, 0.4) is 0 Å². The molecule has 4 rings (SSSR count). The molecule has 3 aliphatic rings. The van der Waals surface area contributed by atoms with Crippen molar-refractivity contribution in [1.29, 1.82) is 0 Å². The maximum atomic E-state index is 14.2. The molecular weight excluding hydrogens is 385 g/mol. The largest absolute Gasteiger partial charge is 0.451 e. The molecule has 0 radical (unpaired) electrons. The van der Waals surface area contributed by atoms with Crippen LogP contribution in [0.1, 0.15) is 29.9 Å². The Hall–Kier alpha value is -1.88. The van der Waals surface area contributed by atoms with Crippen molar-refractivity contribution >= 4 is 6.41 Å². The number of nitrogens with zero attached hydrogens (tertiary/aromatic N) is 4. The molecule has 2 fully saturated rings. The van der Waals surface area contributed by atoms with E-state index in [1.807, 2.05) is 0 Å². The number of rotatable bonds is 3. The van der Waals surface area contributed by atoms with Crippen LogP contribution in [-0.4, -0.2) is 69.9 Å². The number of amides is 1. The molecule has 6 nitrogen and oxygen atoms in total. The minimum Gasteiger partial charge on any atom is -0.334 e. The molecular formula is C17H20F5N5O. The third-order valence-electron chi connectivity index (χ3n) is 5.88. The van der Waals surface area contributed by atoms with E-state index in [9.17, 15) is 26.7 Å². The van der Waals surface area contributed by atoms with Crippen molar-refractivity contribution in [1.82, 2.24) is 25.1 Å². The number of alkyl halides is 5. The number of carbonyl (C=O) groups is 1. The fourth-order valence-electron chi connectivity index (χ4n) is 4.50. The van der Waals surface area contributed by atoms with E-state index < -0.39 is 30.0 Å². The van der Waals surface area contributed by atoms with Gasteiger partial charge in [0.1, 0.15) is 6.04 Å². The first-order chi connectivity index (χ1) is 13.2. The second kappa shape index (κ2) is 6.87. The zero-order valence-corrected chi connectivity index (χ0v) is 14.9. The molecule has 3 aliphatic heterocycles. The molecule has 1 aromatic heterocycles. The number of aromatic nitrogens is 2. The molecule has 1 unspecified atom stereocenters. The molecule has 154 valence electrons. The van der Waals surface area contributed by atoms with Crippen LogP contribution in [0.2, 0.25) is 0 Å². The Kier molecular flexibility index (Phi) is 4.77. The molecule has 0 bridgehead atoms. The number of hydrogen-bond donors (Lipinski definition) is 1. The van der Waals surface area contributed by atoms with Gasteiger partial charge in [0.15, 0.2) is 0 Å². The lowest BCUT2D eigenvalue weighted by Crippen LogP contribution is -2.51. The van der Waals surface area contributed by atoms with Gasteiger partial charge < -0.3 is 10.2 Å². The average molecular weight is 405 g/mol. The van der Waals surface area contributed by atoms with E-state index in [4.69, 9.17) is 0 Å². The first-order valence-corrected chi connectivity index (χ1v) is 9.17. The van der Waals surface area contributed by atoms with Crippen molar-refractivity contribution < 1.29 is 26.7 Å². The molecule has 0 spiro atoms. The molecule has 2 saturated heterocycles. The van der Waals surface area contributed by atoms with Gasteiger partial charge in [-0.2, -0.15) is 13.2 Å². The van der Waals surface area contributed by atoms with Crippen molar-refractivity contribution in [3.8, 4) is 0 Å². The number of hydrogen-bond acceptors (Lipinski definition) is 5. The van der Waals surface area contributed by atoms with E-state index in [0.29, 0.717) is 50.1 Å². The summed E-state index contributed by atoms with van der Waals surface area (Å²) in [6.07, 6.45) is -2.44. The predicted molar refractivity (Wildman–Crippen MR) is 87.5 cm³/mol. The molecule has 4 heterocycles. The van der Waals surface area contributed by atoms with Gasteiger partial charge in [0, 0.05) is 62.9 Å². The van der Waals surface area contributed by atoms with Gasteiger partial charge in [0.25, 0.3) is 5.92 Å². The highest BCUT2D eigenvalue weighted by atomic mass is 19.4. The highest BCUT2D eigenvalue weighted by Crippen LogP contribution is 2.38. The second-order valence-electron chi connectivity index (χ2n) is 7.59. The molecule has 0 saturated carbocycles. The van der Waals surface area contributed by atoms with Gasteiger partial charge in [0.05, 0.1) is 5.69 Å². The van der Waals surface area contributed by atoms with E-state index in [1.165, 1.54) is 6.20 Å². The summed E-state index contributed by atoms with van der Waals surface area (Å²) in [5.41, 5.74) is 1.01. The van der Waals surface area contributed by atoms with Crippen molar-refractivity contribution in [2.24, 2.45) is 0 Å². The summed E-state index contributed by atoms with van der Waals surface area (Å²) >= 11 is 0. The minimum absolute atomic E-state index is 0.0367. The van der Waals surface area contributed by atoms with Gasteiger partial charge in [-0.1, -0.05) is 0 Å². The van der Waals surface area contributed by atoms with Crippen LogP contribution in [0.4, 0.5) is 22.0 Å². The van der Waals surface area contributed by atoms with E-state index in [1.54, 1.807) is 0 Å². The van der Waals surface area contributed by atoms with Crippen LogP contribution < -0.4 is 5.32 Å². The van der Waals surface area contributed by atoms with Crippen molar-refractivity contribution in [2.45, 2.75) is 56.0 Å². The fourth-order valence-corrected chi connectivity index (χ4v) is 4.50. The van der Waals surface area contributed by atoms with E-state index >= 15 is 0 Å². The standard InChI is InChI=1S/C17H20F5N5O/c18-16(19)2-4-27(9-28)14(16)13-5-11(7-23-13)26-3-1-12-10(8-26)6-24-15(25-12)17(20,21)22/h6,9,11,13-14,23H,1-5,7-8H2/t11-,13?,14-/m0/s1. The predicted octanol–water partition coefficient (Wildman–Crippen LogP) is 1.45. The lowest BCUT2D eigenvalue weighted by molar-refractivity contribution is -0.145. The molecule has 0 aromatic carbocycles. The molecule has 11 heteroatoms. The zero-order valence-electron chi connectivity index (χ0n) is 14.9. The molecule has 1 aromatic rings. The number of fused-ring (bicyclic) bond motifs is 1. The Morgan fingerprint density at radius 2 is 2.07 bits per heavy atom. The summed E-state index contributed by atoms with van der Waals surface area (Å²) in [4.78, 5) is 21.4. The van der Waals surface area contributed by atoms with Crippen LogP contribution in [0.15, 0.2) is 6.20 Å². The van der Waals surface area contributed by atoms with Crippen LogP contribution in [0, 0.1) is 0 Å². The van der Waals surface area contributed by atoms with Gasteiger partial charge >= 0.3 is 6.18 Å². The fraction of sp³-hybridized carbons (Fsp3) is 0.706. The topological polar surface area (TPSA) is 61.4 Å². The van der Waals surface area contributed by atoms with Crippen LogP contribution in [0.5, 0.6) is 0 Å². The number of carbonyl (C=O) groups excluding carboxylic acids is 1. The van der Waals surface area contributed by atoms with Crippen LogP contribution in [0.25, 0.3) is 0 Å². The van der Waals surface area contributed by atoms with Gasteiger partial charge in [-0.3, -0.25) is 9.69 Å². The zero-order chi connectivity index (χ0) is 20.1. The molecule has 1 amide bonds.